The van der Waals surface area contributed by atoms with Crippen LogP contribution in [0.15, 0.2) is 24.3 Å². The highest BCUT2D eigenvalue weighted by atomic mass is 16.8. The van der Waals surface area contributed by atoms with Gasteiger partial charge in [-0.3, -0.25) is 4.90 Å². The minimum atomic E-state index is -0.659. The Labute approximate surface area is 253 Å². The lowest BCUT2D eigenvalue weighted by Gasteiger charge is -2.40. The highest BCUT2D eigenvalue weighted by Crippen LogP contribution is 2.41. The fraction of sp³-hybridized carbons (Fsp3) is 0.788. The van der Waals surface area contributed by atoms with Crippen molar-refractivity contribution in [2.24, 2.45) is 0 Å². The van der Waals surface area contributed by atoms with Crippen LogP contribution in [-0.4, -0.2) is 92.2 Å². The first-order valence-corrected chi connectivity index (χ1v) is 16.4. The summed E-state index contributed by atoms with van der Waals surface area (Å²) >= 11 is 0. The molecule has 3 fully saturated rings. The lowest BCUT2D eigenvalue weighted by atomic mass is 10.0. The molecule has 1 aromatic rings. The van der Waals surface area contributed by atoms with Gasteiger partial charge in [-0.2, -0.15) is 0 Å². The third-order valence-electron chi connectivity index (χ3n) is 8.82. The number of ether oxygens (including phenoxy) is 5. The molecular formula is C33H55N3O6. The first kappa shape index (κ1) is 33.0. The van der Waals surface area contributed by atoms with Crippen LogP contribution in [-0.2, 0) is 18.9 Å². The number of methoxy groups -OCH3 is 1. The molecule has 2 amide bonds. The minimum Gasteiger partial charge on any atom is -0.497 e. The maximum absolute atomic E-state index is 12.9. The molecule has 42 heavy (non-hydrogen) atoms. The van der Waals surface area contributed by atoms with Crippen molar-refractivity contribution in [1.82, 2.24) is 9.80 Å². The monoisotopic (exact) mass is 589 g/mol. The molecule has 4 rings (SSSR count). The van der Waals surface area contributed by atoms with Crippen LogP contribution in [0, 0.1) is 0 Å². The molecule has 3 saturated heterocycles. The zero-order chi connectivity index (χ0) is 30.0. The summed E-state index contributed by atoms with van der Waals surface area (Å²) in [7, 11) is 1.63. The van der Waals surface area contributed by atoms with E-state index in [2.05, 4.69) is 24.1 Å². The Kier molecular flexibility index (Phi) is 12.8. The number of carbonyl (C=O) groups excluding carboxylic acids is 1. The van der Waals surface area contributed by atoms with E-state index in [-0.39, 0.29) is 30.4 Å². The second-order valence-electron chi connectivity index (χ2n) is 12.5. The molecule has 3 heterocycles. The first-order valence-electron chi connectivity index (χ1n) is 16.4. The van der Waals surface area contributed by atoms with Crippen molar-refractivity contribution in [1.29, 1.82) is 0 Å². The second-order valence-corrected chi connectivity index (χ2v) is 12.5. The van der Waals surface area contributed by atoms with Crippen molar-refractivity contribution < 1.29 is 28.5 Å². The molecule has 0 saturated carbocycles. The molecule has 1 N–H and O–H groups in total. The number of urea groups is 1. The van der Waals surface area contributed by atoms with Gasteiger partial charge in [-0.1, -0.05) is 64.7 Å². The van der Waals surface area contributed by atoms with E-state index in [0.29, 0.717) is 19.7 Å². The second kappa shape index (κ2) is 16.2. The fourth-order valence-electron chi connectivity index (χ4n) is 6.32. The average molecular weight is 590 g/mol. The average Bonchev–Trinajstić information content (AvgIpc) is 3.48. The van der Waals surface area contributed by atoms with Crippen molar-refractivity contribution in [2.75, 3.05) is 45.2 Å². The van der Waals surface area contributed by atoms with Crippen LogP contribution in [0.4, 0.5) is 10.5 Å². The van der Waals surface area contributed by atoms with Gasteiger partial charge in [-0.25, -0.2) is 4.79 Å². The van der Waals surface area contributed by atoms with Gasteiger partial charge in [-0.15, -0.1) is 0 Å². The molecule has 238 valence electrons. The number of hydrogen-bond donors (Lipinski definition) is 1. The summed E-state index contributed by atoms with van der Waals surface area (Å²) in [4.78, 5) is 17.1. The molecule has 0 bridgehead atoms. The maximum atomic E-state index is 12.9. The Morgan fingerprint density at radius 1 is 0.929 bits per heavy atom. The van der Waals surface area contributed by atoms with E-state index in [9.17, 15) is 4.79 Å². The number of carbonyl (C=O) groups is 1. The summed E-state index contributed by atoms with van der Waals surface area (Å²) in [5.74, 6) is 0.104. The quantitative estimate of drug-likeness (QED) is 0.223. The van der Waals surface area contributed by atoms with Crippen molar-refractivity contribution in [2.45, 2.75) is 128 Å². The number of unbranched alkanes of at least 4 members (excludes halogenated alkanes) is 9. The number of benzene rings is 1. The van der Waals surface area contributed by atoms with Crippen molar-refractivity contribution in [3.8, 4) is 5.75 Å². The topological polar surface area (TPSA) is 81.7 Å². The van der Waals surface area contributed by atoms with Crippen molar-refractivity contribution >= 4 is 11.7 Å². The molecule has 0 radical (unpaired) electrons. The predicted octanol–water partition coefficient (Wildman–Crippen LogP) is 6.42. The number of anilines is 1. The number of rotatable bonds is 16. The van der Waals surface area contributed by atoms with Gasteiger partial charge in [0.15, 0.2) is 12.1 Å². The molecule has 1 aromatic carbocycles. The Hall–Kier alpha value is -1.91. The number of amides is 2. The fourth-order valence-corrected chi connectivity index (χ4v) is 6.32. The smallest absolute Gasteiger partial charge is 0.321 e. The van der Waals surface area contributed by atoms with Gasteiger partial charge >= 0.3 is 6.03 Å². The van der Waals surface area contributed by atoms with Crippen LogP contribution in [0.2, 0.25) is 0 Å². The largest absolute Gasteiger partial charge is 0.497 e. The van der Waals surface area contributed by atoms with Crippen LogP contribution in [0.3, 0.4) is 0 Å². The van der Waals surface area contributed by atoms with Crippen LogP contribution in [0.5, 0.6) is 5.75 Å². The minimum absolute atomic E-state index is 0.0839. The highest BCUT2D eigenvalue weighted by molar-refractivity contribution is 5.89. The molecule has 0 spiro atoms. The number of nitrogens with zero attached hydrogens (tertiary/aromatic N) is 2. The van der Waals surface area contributed by atoms with E-state index >= 15 is 0 Å². The number of hydrogen-bond acceptors (Lipinski definition) is 7. The summed E-state index contributed by atoms with van der Waals surface area (Å²) in [6, 6.07) is 7.40. The third-order valence-corrected chi connectivity index (χ3v) is 8.82. The Balaban J connectivity index is 1.19. The van der Waals surface area contributed by atoms with Gasteiger partial charge in [0, 0.05) is 44.5 Å². The van der Waals surface area contributed by atoms with E-state index < -0.39 is 12.1 Å². The predicted molar refractivity (Wildman–Crippen MR) is 165 cm³/mol. The number of nitrogens with one attached hydrogen (secondary N) is 1. The summed E-state index contributed by atoms with van der Waals surface area (Å²) in [6.07, 6.45) is 12.0. The van der Waals surface area contributed by atoms with Crippen LogP contribution in [0.1, 0.15) is 91.9 Å². The standard InChI is InChI=1S/C33H55N3O6/c1-6-7-8-9-10-11-12-13-14-15-24-39-31-30-29(41-33(3,4)42-30)28(40-31)25(2)35-20-22-36(23-21-35)32(37)34-26-16-18-27(38-5)19-17-26/h16-19,25,28-31H,6-15,20-24H2,1-5H3,(H,34,37)/t25-,28+,29-,30-,31-/m0/s1. The molecule has 0 aromatic heterocycles. The lowest BCUT2D eigenvalue weighted by Crippen LogP contribution is -2.56. The van der Waals surface area contributed by atoms with E-state index in [1.807, 2.05) is 43.0 Å². The Morgan fingerprint density at radius 3 is 2.14 bits per heavy atom. The van der Waals surface area contributed by atoms with E-state index in [1.54, 1.807) is 7.11 Å². The Morgan fingerprint density at radius 2 is 1.52 bits per heavy atom. The summed E-state index contributed by atoms with van der Waals surface area (Å²) in [6.45, 7) is 11.9. The molecule has 0 unspecified atom stereocenters. The van der Waals surface area contributed by atoms with Gasteiger partial charge in [0.1, 0.15) is 24.1 Å². The van der Waals surface area contributed by atoms with E-state index in [1.165, 1.54) is 57.8 Å². The zero-order valence-corrected chi connectivity index (χ0v) is 26.6. The first-order chi connectivity index (χ1) is 20.3. The SMILES string of the molecule is CCCCCCCCCCCCO[C@H]1O[C@H]([C@H](C)N2CCN(C(=O)Nc3ccc(OC)cc3)CC2)[C@@H]2OC(C)(C)O[C@H]12. The highest BCUT2D eigenvalue weighted by Gasteiger charge is 2.57. The van der Waals surface area contributed by atoms with Gasteiger partial charge in [0.25, 0.3) is 0 Å². The van der Waals surface area contributed by atoms with Gasteiger partial charge in [0.05, 0.1) is 7.11 Å². The lowest BCUT2D eigenvalue weighted by molar-refractivity contribution is -0.239. The number of fused-ring (bicyclic) bond motifs is 1. The summed E-state index contributed by atoms with van der Waals surface area (Å²) in [5, 5.41) is 2.99. The molecule has 9 nitrogen and oxygen atoms in total. The van der Waals surface area contributed by atoms with Crippen LogP contribution >= 0.6 is 0 Å². The van der Waals surface area contributed by atoms with Crippen molar-refractivity contribution in [3.63, 3.8) is 0 Å². The van der Waals surface area contributed by atoms with Crippen LogP contribution < -0.4 is 10.1 Å². The maximum Gasteiger partial charge on any atom is 0.321 e. The van der Waals surface area contributed by atoms with E-state index in [0.717, 1.165) is 30.9 Å². The molecule has 3 aliphatic heterocycles. The zero-order valence-electron chi connectivity index (χ0n) is 26.6. The molecular weight excluding hydrogens is 534 g/mol. The van der Waals surface area contributed by atoms with Crippen molar-refractivity contribution in [3.05, 3.63) is 24.3 Å². The van der Waals surface area contributed by atoms with Gasteiger partial charge in [-0.05, 0) is 51.5 Å². The van der Waals surface area contributed by atoms with Gasteiger partial charge in [0.2, 0.25) is 0 Å². The van der Waals surface area contributed by atoms with Crippen LogP contribution in [0.25, 0.3) is 0 Å². The van der Waals surface area contributed by atoms with E-state index in [4.69, 9.17) is 23.7 Å². The molecule has 9 heteroatoms. The molecule has 5 atom stereocenters. The third kappa shape index (κ3) is 9.29. The van der Waals surface area contributed by atoms with Gasteiger partial charge < -0.3 is 33.9 Å². The number of piperazine rings is 1. The summed E-state index contributed by atoms with van der Waals surface area (Å²) in [5.41, 5.74) is 0.756. The normalized spacial score (nSPS) is 26.3. The molecule has 3 aliphatic rings. The molecule has 0 aliphatic carbocycles. The Bertz CT molecular complexity index is 936. The summed E-state index contributed by atoms with van der Waals surface area (Å²) < 4.78 is 30.5.